The van der Waals surface area contributed by atoms with E-state index in [0.717, 1.165) is 42.2 Å². The Bertz CT molecular complexity index is 1160. The molecule has 2 aromatic rings. The molecule has 2 fully saturated rings. The molecule has 3 unspecified atom stereocenters. The fraction of sp³-hybridized carbons (Fsp3) is 0.611. The molecular formula is C36H56ClN5O2S. The number of benzene rings is 2. The second-order valence-electron chi connectivity index (χ2n) is 12.5. The summed E-state index contributed by atoms with van der Waals surface area (Å²) in [5.41, 5.74) is 3.21. The van der Waals surface area contributed by atoms with Gasteiger partial charge in [0.1, 0.15) is 6.04 Å². The molecule has 2 amide bonds. The SMILES string of the molecule is CCN(C)SC.CNC(CC(=O)NC(Cc1ccc(Cl)cc1)C(=O)N1CCN(C(C)C2CCCCC2)CC1)c1ccccc1C. The Morgan fingerprint density at radius 2 is 1.67 bits per heavy atom. The van der Waals surface area contributed by atoms with Gasteiger partial charge in [-0.05, 0) is 81.8 Å². The largest absolute Gasteiger partial charge is 0.344 e. The van der Waals surface area contributed by atoms with Crippen molar-refractivity contribution in [3.8, 4) is 0 Å². The van der Waals surface area contributed by atoms with Crippen LogP contribution in [0.3, 0.4) is 0 Å². The molecule has 3 atom stereocenters. The number of hydrogen-bond acceptors (Lipinski definition) is 6. The van der Waals surface area contributed by atoms with Crippen molar-refractivity contribution in [2.45, 2.75) is 83.8 Å². The first-order valence-electron chi connectivity index (χ1n) is 16.7. The topological polar surface area (TPSA) is 67.9 Å². The van der Waals surface area contributed by atoms with E-state index in [1.54, 1.807) is 11.9 Å². The summed E-state index contributed by atoms with van der Waals surface area (Å²) in [6, 6.07) is 15.5. The molecule has 1 aliphatic heterocycles. The van der Waals surface area contributed by atoms with Gasteiger partial charge < -0.3 is 15.5 Å². The van der Waals surface area contributed by atoms with E-state index in [1.807, 2.05) is 54.4 Å². The normalized spacial score (nSPS) is 18.1. The fourth-order valence-electron chi connectivity index (χ4n) is 6.45. The minimum atomic E-state index is -0.615. The Kier molecular flexibility index (Phi) is 16.2. The van der Waals surface area contributed by atoms with Gasteiger partial charge in [-0.25, -0.2) is 0 Å². The lowest BCUT2D eigenvalue weighted by molar-refractivity contribution is -0.138. The number of rotatable bonds is 12. The number of carbonyl (C=O) groups excluding carboxylic acids is 2. The molecule has 1 saturated heterocycles. The van der Waals surface area contributed by atoms with Crippen molar-refractivity contribution < 1.29 is 9.59 Å². The Labute approximate surface area is 282 Å². The average molecular weight is 658 g/mol. The number of aryl methyl sites for hydroxylation is 1. The minimum Gasteiger partial charge on any atom is -0.344 e. The fourth-order valence-corrected chi connectivity index (χ4v) is 6.84. The van der Waals surface area contributed by atoms with Crippen LogP contribution in [0.2, 0.25) is 5.02 Å². The third-order valence-corrected chi connectivity index (χ3v) is 10.7. The summed E-state index contributed by atoms with van der Waals surface area (Å²) < 4.78 is 2.17. The quantitative estimate of drug-likeness (QED) is 0.259. The molecule has 2 N–H and O–H groups in total. The standard InChI is InChI=1S/C32H45ClN4O2.C4H11NS/c1-23-9-7-8-12-28(23)29(34-3)22-31(38)35-30(21-25-13-15-27(33)16-14-25)32(39)37-19-17-36(18-20-37)24(2)26-10-5-4-6-11-26;1-4-5(2)6-3/h7-9,12-16,24,26,29-30,34H,4-6,10-11,17-22H2,1-3H3,(H,35,38);4H2,1-3H3. The first-order chi connectivity index (χ1) is 21.7. The summed E-state index contributed by atoms with van der Waals surface area (Å²) in [4.78, 5) is 31.6. The molecule has 2 aliphatic rings. The van der Waals surface area contributed by atoms with Gasteiger partial charge in [0.15, 0.2) is 0 Å². The van der Waals surface area contributed by atoms with Gasteiger partial charge in [-0.1, -0.05) is 86.1 Å². The number of halogens is 1. The van der Waals surface area contributed by atoms with Gasteiger partial charge in [-0.15, -0.1) is 0 Å². The van der Waals surface area contributed by atoms with Crippen molar-refractivity contribution in [2.24, 2.45) is 5.92 Å². The number of nitrogens with one attached hydrogen (secondary N) is 2. The number of nitrogens with zero attached hydrogens (tertiary/aromatic N) is 3. The van der Waals surface area contributed by atoms with Crippen LogP contribution in [-0.4, -0.2) is 91.1 Å². The van der Waals surface area contributed by atoms with Crippen LogP contribution in [0.1, 0.15) is 75.1 Å². The predicted molar refractivity (Wildman–Crippen MR) is 191 cm³/mol. The first-order valence-corrected chi connectivity index (χ1v) is 18.3. The Balaban J connectivity index is 0.000000838. The number of carbonyl (C=O) groups is 2. The van der Waals surface area contributed by atoms with Gasteiger partial charge in [0, 0.05) is 62.7 Å². The lowest BCUT2D eigenvalue weighted by atomic mass is 9.84. The zero-order chi connectivity index (χ0) is 32.8. The van der Waals surface area contributed by atoms with Crippen LogP contribution >= 0.6 is 23.5 Å². The first kappa shape index (κ1) is 37.4. The van der Waals surface area contributed by atoms with Crippen molar-refractivity contribution in [1.82, 2.24) is 24.7 Å². The molecule has 0 spiro atoms. The summed E-state index contributed by atoms with van der Waals surface area (Å²) in [6.07, 6.45) is 9.48. The number of hydrogen-bond donors (Lipinski definition) is 2. The molecule has 1 saturated carbocycles. The van der Waals surface area contributed by atoms with Crippen LogP contribution in [0.4, 0.5) is 0 Å². The van der Waals surface area contributed by atoms with Gasteiger partial charge in [0.25, 0.3) is 0 Å². The minimum absolute atomic E-state index is 0.000156. The molecule has 7 nitrogen and oxygen atoms in total. The van der Waals surface area contributed by atoms with Gasteiger partial charge in [-0.2, -0.15) is 0 Å². The van der Waals surface area contributed by atoms with Crippen molar-refractivity contribution in [3.05, 3.63) is 70.2 Å². The van der Waals surface area contributed by atoms with E-state index >= 15 is 0 Å². The maximum Gasteiger partial charge on any atom is 0.245 e. The second-order valence-corrected chi connectivity index (χ2v) is 13.9. The maximum absolute atomic E-state index is 13.8. The highest BCUT2D eigenvalue weighted by Crippen LogP contribution is 2.29. The van der Waals surface area contributed by atoms with E-state index in [0.29, 0.717) is 30.6 Å². The summed E-state index contributed by atoms with van der Waals surface area (Å²) in [6.45, 7) is 10.9. The molecule has 9 heteroatoms. The molecule has 1 heterocycles. The molecule has 0 radical (unpaired) electrons. The Hall–Kier alpha value is -2.10. The highest BCUT2D eigenvalue weighted by Gasteiger charge is 2.32. The third-order valence-electron chi connectivity index (χ3n) is 9.58. The Morgan fingerprint density at radius 3 is 2.22 bits per heavy atom. The molecular weight excluding hydrogens is 602 g/mol. The van der Waals surface area contributed by atoms with E-state index in [-0.39, 0.29) is 24.3 Å². The van der Waals surface area contributed by atoms with Crippen molar-refractivity contribution in [2.75, 3.05) is 53.1 Å². The van der Waals surface area contributed by atoms with E-state index in [1.165, 1.54) is 32.1 Å². The zero-order valence-corrected chi connectivity index (χ0v) is 29.9. The molecule has 2 aromatic carbocycles. The summed E-state index contributed by atoms with van der Waals surface area (Å²) in [5, 5.41) is 7.03. The van der Waals surface area contributed by atoms with Crippen LogP contribution < -0.4 is 10.6 Å². The average Bonchev–Trinajstić information content (AvgIpc) is 3.08. The third kappa shape index (κ3) is 11.9. The lowest BCUT2D eigenvalue weighted by Crippen LogP contribution is -2.57. The number of piperazine rings is 1. The van der Waals surface area contributed by atoms with Crippen LogP contribution in [0.5, 0.6) is 0 Å². The van der Waals surface area contributed by atoms with Gasteiger partial charge in [0.2, 0.25) is 11.8 Å². The highest BCUT2D eigenvalue weighted by atomic mass is 35.5. The predicted octanol–water partition coefficient (Wildman–Crippen LogP) is 6.36. The van der Waals surface area contributed by atoms with Crippen molar-refractivity contribution in [3.63, 3.8) is 0 Å². The monoisotopic (exact) mass is 657 g/mol. The van der Waals surface area contributed by atoms with Crippen LogP contribution in [0.25, 0.3) is 0 Å². The van der Waals surface area contributed by atoms with E-state index in [9.17, 15) is 9.59 Å². The van der Waals surface area contributed by atoms with Crippen molar-refractivity contribution in [1.29, 1.82) is 0 Å². The summed E-state index contributed by atoms with van der Waals surface area (Å²) in [5.74, 6) is 0.640. The number of amides is 2. The maximum atomic E-state index is 13.8. The molecule has 250 valence electrons. The van der Waals surface area contributed by atoms with Crippen LogP contribution in [0, 0.1) is 12.8 Å². The lowest BCUT2D eigenvalue weighted by Gasteiger charge is -2.42. The van der Waals surface area contributed by atoms with Gasteiger partial charge >= 0.3 is 0 Å². The zero-order valence-electron chi connectivity index (χ0n) is 28.4. The van der Waals surface area contributed by atoms with Crippen LogP contribution in [0.15, 0.2) is 48.5 Å². The van der Waals surface area contributed by atoms with E-state index < -0.39 is 6.04 Å². The molecule has 45 heavy (non-hydrogen) atoms. The summed E-state index contributed by atoms with van der Waals surface area (Å²) >= 11 is 7.86. The molecule has 4 rings (SSSR count). The Morgan fingerprint density at radius 1 is 1.02 bits per heavy atom. The highest BCUT2D eigenvalue weighted by molar-refractivity contribution is 7.96. The van der Waals surface area contributed by atoms with E-state index in [2.05, 4.69) is 60.0 Å². The van der Waals surface area contributed by atoms with Crippen molar-refractivity contribution >= 4 is 35.4 Å². The molecule has 0 bridgehead atoms. The van der Waals surface area contributed by atoms with Gasteiger partial charge in [-0.3, -0.25) is 18.8 Å². The molecule has 1 aliphatic carbocycles. The van der Waals surface area contributed by atoms with E-state index in [4.69, 9.17) is 11.6 Å². The smallest absolute Gasteiger partial charge is 0.245 e. The van der Waals surface area contributed by atoms with Crippen LogP contribution in [-0.2, 0) is 16.0 Å². The molecule has 0 aromatic heterocycles. The second kappa shape index (κ2) is 19.5. The summed E-state index contributed by atoms with van der Waals surface area (Å²) in [7, 11) is 3.94. The van der Waals surface area contributed by atoms with Gasteiger partial charge in [0.05, 0.1) is 0 Å².